The smallest absolute Gasteiger partial charge is 0.309 e. The molecule has 0 amide bonds. The maximum Gasteiger partial charge on any atom is 0.309 e. The third kappa shape index (κ3) is 3.50. The number of esters is 1. The number of nitrogens with zero attached hydrogens (tertiary/aromatic N) is 2. The number of hydrogen-bond acceptors (Lipinski definition) is 4. The zero-order valence-electron chi connectivity index (χ0n) is 16.9. The van der Waals surface area contributed by atoms with E-state index in [1.165, 1.54) is 25.7 Å². The second kappa shape index (κ2) is 7.74. The molecule has 2 aromatic heterocycles. The van der Waals surface area contributed by atoms with Crippen LogP contribution in [0.25, 0.3) is 17.2 Å². The minimum absolute atomic E-state index is 0.0194. The van der Waals surface area contributed by atoms with Gasteiger partial charge >= 0.3 is 5.97 Å². The minimum Gasteiger partial charge on any atom is -0.462 e. The van der Waals surface area contributed by atoms with Gasteiger partial charge in [0.2, 0.25) is 0 Å². The molecule has 3 fully saturated rings. The number of fused-ring (bicyclic) bond motifs is 2. The van der Waals surface area contributed by atoms with Crippen LogP contribution in [0.3, 0.4) is 0 Å². The van der Waals surface area contributed by atoms with E-state index in [9.17, 15) is 4.79 Å². The first-order chi connectivity index (χ1) is 14.2. The van der Waals surface area contributed by atoms with Crippen LogP contribution in [0.15, 0.2) is 48.9 Å². The molecule has 2 aliphatic carbocycles. The highest BCUT2D eigenvalue weighted by atomic mass is 16.6. The first-order valence-corrected chi connectivity index (χ1v) is 11.0. The van der Waals surface area contributed by atoms with Crippen molar-refractivity contribution in [2.24, 2.45) is 29.6 Å². The third-order valence-electron chi connectivity index (χ3n) is 7.35. The van der Waals surface area contributed by atoms with Gasteiger partial charge in [0.1, 0.15) is 6.10 Å². The average Bonchev–Trinajstić information content (AvgIpc) is 3.05. The van der Waals surface area contributed by atoms with Crippen LogP contribution in [-0.2, 0) is 9.53 Å². The number of pyridine rings is 2. The quantitative estimate of drug-likeness (QED) is 0.682. The number of rotatable bonds is 3. The Balaban J connectivity index is 1.39. The Morgan fingerprint density at radius 2 is 1.97 bits per heavy atom. The van der Waals surface area contributed by atoms with E-state index in [4.69, 9.17) is 4.74 Å². The van der Waals surface area contributed by atoms with Gasteiger partial charge in [-0.2, -0.15) is 0 Å². The van der Waals surface area contributed by atoms with Crippen molar-refractivity contribution in [2.45, 2.75) is 45.1 Å². The Labute approximate surface area is 172 Å². The van der Waals surface area contributed by atoms with Crippen LogP contribution in [-0.4, -0.2) is 22.0 Å². The summed E-state index contributed by atoms with van der Waals surface area (Å²) < 4.78 is 5.67. The first kappa shape index (κ1) is 18.5. The maximum absolute atomic E-state index is 12.4. The highest BCUT2D eigenvalue weighted by molar-refractivity contribution is 5.75. The predicted molar refractivity (Wildman–Crippen MR) is 113 cm³/mol. The van der Waals surface area contributed by atoms with E-state index >= 15 is 0 Å². The zero-order chi connectivity index (χ0) is 19.8. The number of allylic oxidation sites excluding steroid dienone is 1. The first-order valence-electron chi connectivity index (χ1n) is 11.0. The Morgan fingerprint density at radius 3 is 2.76 bits per heavy atom. The summed E-state index contributed by atoms with van der Waals surface area (Å²) in [5, 5.41) is 0. The summed E-state index contributed by atoms with van der Waals surface area (Å²) in [4.78, 5) is 21.3. The van der Waals surface area contributed by atoms with E-state index in [0.717, 1.165) is 23.2 Å². The normalized spacial score (nSPS) is 33.9. The highest BCUT2D eigenvalue weighted by Crippen LogP contribution is 2.53. The van der Waals surface area contributed by atoms with Crippen LogP contribution >= 0.6 is 0 Å². The van der Waals surface area contributed by atoms with Crippen molar-refractivity contribution in [3.05, 3.63) is 54.6 Å². The number of ether oxygens (including phenoxy) is 1. The van der Waals surface area contributed by atoms with Crippen LogP contribution in [0.4, 0.5) is 0 Å². The zero-order valence-corrected chi connectivity index (χ0v) is 16.9. The van der Waals surface area contributed by atoms with Gasteiger partial charge in [0.05, 0.1) is 11.6 Å². The predicted octanol–water partition coefficient (Wildman–Crippen LogP) is 5.16. The molecule has 0 spiro atoms. The molecule has 2 aromatic rings. The molecule has 4 nitrogen and oxygen atoms in total. The molecular formula is C25H28N2O2. The Kier molecular flexibility index (Phi) is 4.94. The summed E-state index contributed by atoms with van der Waals surface area (Å²) in [7, 11) is 0. The van der Waals surface area contributed by atoms with Crippen LogP contribution < -0.4 is 0 Å². The lowest BCUT2D eigenvalue weighted by Crippen LogP contribution is -2.42. The highest BCUT2D eigenvalue weighted by Gasteiger charge is 2.53. The molecule has 3 heterocycles. The van der Waals surface area contributed by atoms with Crippen molar-refractivity contribution in [1.82, 2.24) is 9.97 Å². The van der Waals surface area contributed by atoms with Gasteiger partial charge in [0.25, 0.3) is 0 Å². The van der Waals surface area contributed by atoms with E-state index in [-0.39, 0.29) is 18.0 Å². The van der Waals surface area contributed by atoms with Gasteiger partial charge in [0, 0.05) is 35.6 Å². The minimum atomic E-state index is 0.0194. The Bertz CT molecular complexity index is 893. The van der Waals surface area contributed by atoms with Crippen molar-refractivity contribution in [3.8, 4) is 11.1 Å². The summed E-state index contributed by atoms with van der Waals surface area (Å²) in [6.07, 6.45) is 16.2. The van der Waals surface area contributed by atoms with Gasteiger partial charge in [-0.25, -0.2) is 0 Å². The summed E-state index contributed by atoms with van der Waals surface area (Å²) >= 11 is 0. The van der Waals surface area contributed by atoms with Crippen molar-refractivity contribution in [2.75, 3.05) is 0 Å². The molecule has 0 aromatic carbocycles. The van der Waals surface area contributed by atoms with Crippen molar-refractivity contribution < 1.29 is 9.53 Å². The second-order valence-corrected chi connectivity index (χ2v) is 8.92. The summed E-state index contributed by atoms with van der Waals surface area (Å²) in [5.41, 5.74) is 3.11. The molecule has 0 radical (unpaired) electrons. The standard InChI is InChI=1S/C25H28N2O2/c1-16-24-22(21-7-3-2-5-17(21)13-23(24)25(28)29-16)11-10-20-9-8-19(15-27-20)18-6-4-12-26-14-18/h4,6,8-12,14-17,21-24H,2-3,5,7,13H2,1H3/b11-10+/t16-,17+,21-,22+,23-,24+/m1/s1. The van der Waals surface area contributed by atoms with E-state index in [1.807, 2.05) is 24.5 Å². The molecule has 29 heavy (non-hydrogen) atoms. The molecular weight excluding hydrogens is 360 g/mol. The average molecular weight is 389 g/mol. The number of cyclic esters (lactones) is 1. The Hall–Kier alpha value is -2.49. The molecule has 0 N–H and O–H groups in total. The van der Waals surface area contributed by atoms with Crippen LogP contribution in [0.2, 0.25) is 0 Å². The number of hydrogen-bond donors (Lipinski definition) is 0. The SMILES string of the molecule is C[C@H]1OC(=O)[C@@H]2C[C@@H]3CCCC[C@H]3[C@H](/C=C/c3ccc(-c4cccnc4)cn3)[C@H]12. The summed E-state index contributed by atoms with van der Waals surface area (Å²) in [5.74, 6) is 2.17. The molecule has 0 bridgehead atoms. The molecule has 4 heteroatoms. The molecule has 3 aliphatic rings. The van der Waals surface area contributed by atoms with Crippen molar-refractivity contribution in [1.29, 1.82) is 0 Å². The monoisotopic (exact) mass is 388 g/mol. The Morgan fingerprint density at radius 1 is 1.10 bits per heavy atom. The summed E-state index contributed by atoms with van der Waals surface area (Å²) in [6, 6.07) is 8.15. The van der Waals surface area contributed by atoms with E-state index < -0.39 is 0 Å². The van der Waals surface area contributed by atoms with Crippen LogP contribution in [0.1, 0.15) is 44.7 Å². The van der Waals surface area contributed by atoms with Gasteiger partial charge in [0.15, 0.2) is 0 Å². The fraction of sp³-hybridized carbons (Fsp3) is 0.480. The molecule has 1 saturated heterocycles. The van der Waals surface area contributed by atoms with Crippen molar-refractivity contribution >= 4 is 12.0 Å². The van der Waals surface area contributed by atoms with Crippen LogP contribution in [0, 0.1) is 29.6 Å². The number of carbonyl (C=O) groups excluding carboxylic acids is 1. The fourth-order valence-electron chi connectivity index (χ4n) is 6.00. The third-order valence-corrected chi connectivity index (χ3v) is 7.35. The second-order valence-electron chi connectivity index (χ2n) is 8.92. The largest absolute Gasteiger partial charge is 0.462 e. The number of carbonyl (C=O) groups is 1. The molecule has 0 unspecified atom stereocenters. The van der Waals surface area contributed by atoms with Gasteiger partial charge in [-0.05, 0) is 55.7 Å². The molecule has 150 valence electrons. The van der Waals surface area contributed by atoms with E-state index in [1.54, 1.807) is 6.20 Å². The molecule has 1 aliphatic heterocycles. The van der Waals surface area contributed by atoms with E-state index in [2.05, 4.69) is 41.2 Å². The molecule has 2 saturated carbocycles. The topological polar surface area (TPSA) is 52.1 Å². The van der Waals surface area contributed by atoms with E-state index in [0.29, 0.717) is 23.7 Å². The molecule has 6 atom stereocenters. The fourth-order valence-corrected chi connectivity index (χ4v) is 6.00. The lowest BCUT2D eigenvalue weighted by Gasteiger charge is -2.45. The number of aromatic nitrogens is 2. The lowest BCUT2D eigenvalue weighted by molar-refractivity contribution is -0.144. The van der Waals surface area contributed by atoms with Crippen molar-refractivity contribution in [3.63, 3.8) is 0 Å². The summed E-state index contributed by atoms with van der Waals surface area (Å²) in [6.45, 7) is 2.08. The van der Waals surface area contributed by atoms with Gasteiger partial charge in [-0.15, -0.1) is 0 Å². The van der Waals surface area contributed by atoms with Gasteiger partial charge < -0.3 is 4.74 Å². The lowest BCUT2D eigenvalue weighted by atomic mass is 9.57. The van der Waals surface area contributed by atoms with Gasteiger partial charge in [-0.3, -0.25) is 14.8 Å². The maximum atomic E-state index is 12.4. The van der Waals surface area contributed by atoms with Crippen LogP contribution in [0.5, 0.6) is 0 Å². The van der Waals surface area contributed by atoms with Gasteiger partial charge in [-0.1, -0.05) is 37.5 Å². The molecule has 5 rings (SSSR count).